The van der Waals surface area contributed by atoms with Crippen LogP contribution in [0.15, 0.2) is 258 Å². The van der Waals surface area contributed by atoms with Gasteiger partial charge in [0.05, 0.1) is 11.1 Å². The first-order chi connectivity index (χ1) is 33.7. The molecule has 1 aliphatic rings. The number of furan rings is 2. The van der Waals surface area contributed by atoms with Gasteiger partial charge in [0.1, 0.15) is 22.3 Å². The molecule has 0 N–H and O–H groups in total. The Morgan fingerprint density at radius 1 is 0.338 bits per heavy atom. The average Bonchev–Trinajstić information content (AvgIpc) is 4.08. The first-order valence-electron chi connectivity index (χ1n) is 23.3. The molecular weight excluding hydrogens is 827 g/mol. The van der Waals surface area contributed by atoms with Crippen molar-refractivity contribution in [3.63, 3.8) is 0 Å². The second kappa shape index (κ2) is 15.1. The molecule has 0 radical (unpaired) electrons. The number of fused-ring (bicyclic) bond motifs is 11. The first kappa shape index (κ1) is 38.4. The van der Waals surface area contributed by atoms with Gasteiger partial charge in [-0.3, -0.25) is 0 Å². The topological polar surface area (TPSA) is 29.5 Å². The molecule has 0 saturated heterocycles. The second-order valence-corrected chi connectivity index (χ2v) is 17.9. The fourth-order valence-electron chi connectivity index (χ4n) is 11.4. The molecule has 3 heteroatoms. The van der Waals surface area contributed by atoms with E-state index in [-0.39, 0.29) is 0 Å². The van der Waals surface area contributed by atoms with Crippen molar-refractivity contribution in [2.75, 3.05) is 4.90 Å². The molecule has 13 aromatic rings. The molecule has 0 spiro atoms. The van der Waals surface area contributed by atoms with E-state index in [4.69, 9.17) is 8.83 Å². The van der Waals surface area contributed by atoms with Gasteiger partial charge in [-0.1, -0.05) is 188 Å². The molecule has 14 rings (SSSR count). The number of anilines is 3. The van der Waals surface area contributed by atoms with Crippen molar-refractivity contribution in [3.05, 3.63) is 271 Å². The van der Waals surface area contributed by atoms with Crippen LogP contribution in [0.1, 0.15) is 22.3 Å². The summed E-state index contributed by atoms with van der Waals surface area (Å²) in [4.78, 5) is 2.46. The van der Waals surface area contributed by atoms with Crippen molar-refractivity contribution in [1.29, 1.82) is 0 Å². The van der Waals surface area contributed by atoms with E-state index >= 15 is 0 Å². The summed E-state index contributed by atoms with van der Waals surface area (Å²) in [5.74, 6) is 0. The highest BCUT2D eigenvalue weighted by atomic mass is 16.3. The maximum absolute atomic E-state index is 6.69. The minimum absolute atomic E-state index is 0.542. The van der Waals surface area contributed by atoms with Crippen LogP contribution in [0.5, 0.6) is 0 Å². The van der Waals surface area contributed by atoms with Gasteiger partial charge in [-0.15, -0.1) is 0 Å². The van der Waals surface area contributed by atoms with Crippen LogP contribution in [0.25, 0.3) is 88.0 Å². The van der Waals surface area contributed by atoms with Crippen molar-refractivity contribution in [1.82, 2.24) is 0 Å². The van der Waals surface area contributed by atoms with E-state index in [2.05, 4.69) is 241 Å². The SMILES string of the molecule is c1ccc(C2(c3ccccc3)c3ccccc3-c3c(N(c4ccc(-c5ccc6oc7ccccc7c6c5)cc4)c4cccc(-c5cccc6oc7c8ccccc8ccc7c56)c4)cccc32)cc1. The van der Waals surface area contributed by atoms with Gasteiger partial charge < -0.3 is 13.7 Å². The molecule has 0 bridgehead atoms. The predicted molar refractivity (Wildman–Crippen MR) is 281 cm³/mol. The highest BCUT2D eigenvalue weighted by Crippen LogP contribution is 2.59. The Labute approximate surface area is 393 Å². The summed E-state index contributed by atoms with van der Waals surface area (Å²) in [7, 11) is 0. The second-order valence-electron chi connectivity index (χ2n) is 17.9. The van der Waals surface area contributed by atoms with Crippen molar-refractivity contribution in [3.8, 4) is 33.4 Å². The highest BCUT2D eigenvalue weighted by Gasteiger charge is 2.47. The van der Waals surface area contributed by atoms with Gasteiger partial charge in [0.2, 0.25) is 0 Å². The van der Waals surface area contributed by atoms with Crippen molar-refractivity contribution in [2.24, 2.45) is 0 Å². The van der Waals surface area contributed by atoms with Gasteiger partial charge in [0.25, 0.3) is 0 Å². The average molecular weight is 868 g/mol. The Bertz CT molecular complexity index is 4050. The van der Waals surface area contributed by atoms with Crippen molar-refractivity contribution >= 4 is 71.7 Å². The zero-order chi connectivity index (χ0) is 44.8. The Balaban J connectivity index is 0.992. The molecular formula is C65H41NO2. The normalized spacial score (nSPS) is 12.8. The van der Waals surface area contributed by atoms with Gasteiger partial charge in [-0.25, -0.2) is 0 Å². The minimum atomic E-state index is -0.542. The van der Waals surface area contributed by atoms with E-state index in [1.54, 1.807) is 0 Å². The van der Waals surface area contributed by atoms with Crippen LogP contribution in [0.4, 0.5) is 17.1 Å². The molecule has 11 aromatic carbocycles. The fourth-order valence-corrected chi connectivity index (χ4v) is 11.4. The van der Waals surface area contributed by atoms with E-state index in [1.165, 1.54) is 38.8 Å². The first-order valence-corrected chi connectivity index (χ1v) is 23.3. The lowest BCUT2D eigenvalue weighted by molar-refractivity contribution is 0.669. The largest absolute Gasteiger partial charge is 0.456 e. The standard InChI is InChI=1S/C65H41NO2/c1-3-18-46(19-4-1)65(47-20-5-2-6-21-47)56-27-11-9-25-53(56)63-57(65)28-15-29-58(63)66(48-36-32-42(33-37-48)44-35-39-60-55(41-44)52-24-10-12-30-59(52)67-60)49-22-13-17-45(40-49)50-26-14-31-61-62(50)54-38-34-43-16-7-8-23-51(43)64(54)68-61/h1-41H. The zero-order valence-corrected chi connectivity index (χ0v) is 36.9. The third kappa shape index (κ3) is 5.66. The van der Waals surface area contributed by atoms with Crippen LogP contribution in [0.2, 0.25) is 0 Å². The lowest BCUT2D eigenvalue weighted by Gasteiger charge is -2.34. The zero-order valence-electron chi connectivity index (χ0n) is 36.9. The summed E-state index contributed by atoms with van der Waals surface area (Å²) >= 11 is 0. The van der Waals surface area contributed by atoms with Gasteiger partial charge in [0, 0.05) is 43.9 Å². The van der Waals surface area contributed by atoms with E-state index in [0.29, 0.717) is 0 Å². The Kier molecular flexibility index (Phi) is 8.50. The molecule has 68 heavy (non-hydrogen) atoms. The molecule has 0 amide bonds. The van der Waals surface area contributed by atoms with Gasteiger partial charge in [-0.2, -0.15) is 0 Å². The van der Waals surface area contributed by atoms with E-state index in [1.807, 2.05) is 12.1 Å². The number of hydrogen-bond donors (Lipinski definition) is 0. The Morgan fingerprint density at radius 3 is 1.82 bits per heavy atom. The summed E-state index contributed by atoms with van der Waals surface area (Å²) in [6.45, 7) is 0. The number of para-hydroxylation sites is 1. The number of nitrogens with zero attached hydrogens (tertiary/aromatic N) is 1. The van der Waals surface area contributed by atoms with Crippen LogP contribution in [0, 0.1) is 0 Å². The van der Waals surface area contributed by atoms with E-state index in [0.717, 1.165) is 88.6 Å². The summed E-state index contributed by atoms with van der Waals surface area (Å²) in [6.07, 6.45) is 0. The van der Waals surface area contributed by atoms with Crippen LogP contribution in [0.3, 0.4) is 0 Å². The van der Waals surface area contributed by atoms with Gasteiger partial charge in [0.15, 0.2) is 0 Å². The molecule has 1 aliphatic carbocycles. The smallest absolute Gasteiger partial charge is 0.143 e. The summed E-state index contributed by atoms with van der Waals surface area (Å²) in [5, 5.41) is 6.76. The molecule has 3 nitrogen and oxygen atoms in total. The summed E-state index contributed by atoms with van der Waals surface area (Å²) in [6, 6.07) is 90.2. The Morgan fingerprint density at radius 2 is 0.985 bits per heavy atom. The lowest BCUT2D eigenvalue weighted by Crippen LogP contribution is -2.28. The van der Waals surface area contributed by atoms with Gasteiger partial charge >= 0.3 is 0 Å². The van der Waals surface area contributed by atoms with Crippen LogP contribution >= 0.6 is 0 Å². The minimum Gasteiger partial charge on any atom is -0.456 e. The maximum Gasteiger partial charge on any atom is 0.143 e. The molecule has 318 valence electrons. The molecule has 2 aromatic heterocycles. The number of rotatable bonds is 7. The van der Waals surface area contributed by atoms with Gasteiger partial charge in [-0.05, 0) is 116 Å². The molecule has 0 fully saturated rings. The summed E-state index contributed by atoms with van der Waals surface area (Å²) < 4.78 is 12.9. The molecule has 2 heterocycles. The lowest BCUT2D eigenvalue weighted by atomic mass is 9.68. The monoisotopic (exact) mass is 867 g/mol. The number of hydrogen-bond acceptors (Lipinski definition) is 3. The van der Waals surface area contributed by atoms with Crippen LogP contribution in [-0.4, -0.2) is 0 Å². The molecule has 0 saturated carbocycles. The van der Waals surface area contributed by atoms with Crippen molar-refractivity contribution < 1.29 is 8.83 Å². The van der Waals surface area contributed by atoms with Crippen molar-refractivity contribution in [2.45, 2.75) is 5.41 Å². The molecule has 0 aliphatic heterocycles. The molecule has 0 atom stereocenters. The third-order valence-corrected chi connectivity index (χ3v) is 14.3. The quantitative estimate of drug-likeness (QED) is 0.160. The van der Waals surface area contributed by atoms with E-state index in [9.17, 15) is 0 Å². The molecule has 0 unspecified atom stereocenters. The highest BCUT2D eigenvalue weighted by molar-refractivity contribution is 6.19. The fraction of sp³-hybridized carbons (Fsp3) is 0.0154. The summed E-state index contributed by atoms with van der Waals surface area (Å²) in [5.41, 5.74) is 18.3. The van der Waals surface area contributed by atoms with Crippen LogP contribution in [-0.2, 0) is 5.41 Å². The van der Waals surface area contributed by atoms with Crippen LogP contribution < -0.4 is 4.90 Å². The van der Waals surface area contributed by atoms with E-state index < -0.39 is 5.41 Å². The maximum atomic E-state index is 6.69. The third-order valence-electron chi connectivity index (χ3n) is 14.3. The predicted octanol–water partition coefficient (Wildman–Crippen LogP) is 17.8. The Hall–Kier alpha value is -8.92. The number of benzene rings is 11.